The summed E-state index contributed by atoms with van der Waals surface area (Å²) in [5.41, 5.74) is 0. The zero-order chi connectivity index (χ0) is 35.1. The first-order valence-electron chi connectivity index (χ1n) is 19.2. The Morgan fingerprint density at radius 1 is 0.723 bits per heavy atom. The van der Waals surface area contributed by atoms with E-state index in [4.69, 9.17) is 9.05 Å². The number of phosphoric acid groups is 1. The van der Waals surface area contributed by atoms with Gasteiger partial charge in [-0.2, -0.15) is 0 Å². The van der Waals surface area contributed by atoms with Gasteiger partial charge in [-0.3, -0.25) is 9.36 Å². The number of phosphoric ester groups is 1. The molecule has 0 radical (unpaired) electrons. The molecule has 0 heterocycles. The van der Waals surface area contributed by atoms with Crippen molar-refractivity contribution in [2.45, 2.75) is 174 Å². The lowest BCUT2D eigenvalue weighted by Gasteiger charge is -2.29. The molecule has 2 N–H and O–H groups in total. The fourth-order valence-electron chi connectivity index (χ4n) is 5.26. The molecule has 278 valence electrons. The Bertz CT molecular complexity index is 829. The molecule has 1 amide bonds. The van der Waals surface area contributed by atoms with Crippen molar-refractivity contribution in [1.29, 1.82) is 0 Å². The molecule has 0 saturated heterocycles. The number of unbranched alkanes of at least 4 members (excludes halogenated alkanes) is 19. The number of rotatable bonds is 34. The minimum absolute atomic E-state index is 0.00203. The molecule has 8 nitrogen and oxygen atoms in total. The van der Waals surface area contributed by atoms with E-state index in [0.29, 0.717) is 17.4 Å². The van der Waals surface area contributed by atoms with E-state index in [0.717, 1.165) is 51.4 Å². The summed E-state index contributed by atoms with van der Waals surface area (Å²) in [6.45, 7) is 4.59. The van der Waals surface area contributed by atoms with E-state index >= 15 is 0 Å². The van der Waals surface area contributed by atoms with Crippen LogP contribution in [-0.2, 0) is 18.4 Å². The molecule has 0 aliphatic heterocycles. The van der Waals surface area contributed by atoms with Crippen LogP contribution in [0.15, 0.2) is 24.3 Å². The molecular formula is C38H75N2O6P. The number of carbonyl (C=O) groups excluding carboxylic acids is 1. The summed E-state index contributed by atoms with van der Waals surface area (Å²) in [5, 5.41) is 13.7. The highest BCUT2D eigenvalue weighted by Gasteiger charge is 2.23. The largest absolute Gasteiger partial charge is 0.756 e. The highest BCUT2D eigenvalue weighted by atomic mass is 31.2. The van der Waals surface area contributed by atoms with Crippen molar-refractivity contribution >= 4 is 13.7 Å². The van der Waals surface area contributed by atoms with Crippen molar-refractivity contribution in [2.24, 2.45) is 0 Å². The Morgan fingerprint density at radius 2 is 1.17 bits per heavy atom. The zero-order valence-corrected chi connectivity index (χ0v) is 32.1. The van der Waals surface area contributed by atoms with E-state index in [9.17, 15) is 19.4 Å². The third-order valence-electron chi connectivity index (χ3n) is 8.41. The topological polar surface area (TPSA) is 108 Å². The van der Waals surface area contributed by atoms with Crippen molar-refractivity contribution in [3.8, 4) is 0 Å². The maximum absolute atomic E-state index is 12.7. The second-order valence-electron chi connectivity index (χ2n) is 14.3. The number of aliphatic hydroxyl groups excluding tert-OH is 1. The van der Waals surface area contributed by atoms with Gasteiger partial charge in [-0.1, -0.05) is 134 Å². The summed E-state index contributed by atoms with van der Waals surface area (Å²) in [7, 11) is 1.25. The van der Waals surface area contributed by atoms with Gasteiger partial charge in [0.15, 0.2) is 0 Å². The molecule has 1 unspecified atom stereocenters. The second kappa shape index (κ2) is 31.0. The Balaban J connectivity index is 4.56. The molecule has 0 fully saturated rings. The summed E-state index contributed by atoms with van der Waals surface area (Å²) in [6.07, 6.45) is 33.5. The van der Waals surface area contributed by atoms with E-state index in [2.05, 4.69) is 31.3 Å². The van der Waals surface area contributed by atoms with Crippen molar-refractivity contribution in [2.75, 3.05) is 40.9 Å². The Labute approximate surface area is 290 Å². The maximum atomic E-state index is 12.7. The molecule has 3 atom stereocenters. The Hall–Kier alpha value is -1.02. The molecule has 0 aromatic heterocycles. The zero-order valence-electron chi connectivity index (χ0n) is 31.2. The van der Waals surface area contributed by atoms with Crippen LogP contribution in [0.1, 0.15) is 162 Å². The summed E-state index contributed by atoms with van der Waals surface area (Å²) < 4.78 is 23.1. The molecule has 0 aliphatic carbocycles. The predicted molar refractivity (Wildman–Crippen MR) is 196 cm³/mol. The van der Waals surface area contributed by atoms with Crippen molar-refractivity contribution in [3.63, 3.8) is 0 Å². The van der Waals surface area contributed by atoms with Crippen molar-refractivity contribution in [3.05, 3.63) is 24.3 Å². The summed E-state index contributed by atoms with van der Waals surface area (Å²) in [4.78, 5) is 25.1. The van der Waals surface area contributed by atoms with E-state index < -0.39 is 20.0 Å². The summed E-state index contributed by atoms with van der Waals surface area (Å²) in [6, 6.07) is -0.885. The van der Waals surface area contributed by atoms with Crippen LogP contribution in [0.3, 0.4) is 0 Å². The first-order chi connectivity index (χ1) is 22.5. The van der Waals surface area contributed by atoms with Crippen LogP contribution >= 0.6 is 7.82 Å². The fraction of sp³-hybridized carbons (Fsp3) is 0.868. The van der Waals surface area contributed by atoms with Gasteiger partial charge in [-0.15, -0.1) is 0 Å². The lowest BCUT2D eigenvalue weighted by Crippen LogP contribution is -2.45. The number of likely N-dealkylation sites (N-methyl/N-ethyl adjacent to an activating group) is 1. The van der Waals surface area contributed by atoms with E-state index in [1.54, 1.807) is 6.08 Å². The Kier molecular flexibility index (Phi) is 30.3. The molecule has 0 aromatic rings. The van der Waals surface area contributed by atoms with Gasteiger partial charge < -0.3 is 28.8 Å². The van der Waals surface area contributed by atoms with E-state index in [1.165, 1.54) is 89.9 Å². The average Bonchev–Trinajstić information content (AvgIpc) is 3.01. The van der Waals surface area contributed by atoms with Crippen LogP contribution in [0.2, 0.25) is 0 Å². The van der Waals surface area contributed by atoms with Gasteiger partial charge in [0.05, 0.1) is 39.9 Å². The third kappa shape index (κ3) is 33.3. The minimum atomic E-state index is -4.58. The van der Waals surface area contributed by atoms with E-state index in [1.807, 2.05) is 27.2 Å². The number of nitrogens with zero attached hydrogens (tertiary/aromatic N) is 1. The number of aliphatic hydroxyl groups is 1. The first-order valence-corrected chi connectivity index (χ1v) is 20.7. The van der Waals surface area contributed by atoms with Crippen molar-refractivity contribution < 1.29 is 32.9 Å². The molecule has 0 saturated carbocycles. The van der Waals surface area contributed by atoms with Gasteiger partial charge in [0.25, 0.3) is 7.82 Å². The van der Waals surface area contributed by atoms with Gasteiger partial charge in [0.1, 0.15) is 13.2 Å². The number of carbonyl (C=O) groups is 1. The van der Waals surface area contributed by atoms with Crippen molar-refractivity contribution in [1.82, 2.24) is 5.32 Å². The molecule has 9 heteroatoms. The highest BCUT2D eigenvalue weighted by molar-refractivity contribution is 7.45. The first kappa shape index (κ1) is 46.0. The number of hydrogen-bond acceptors (Lipinski definition) is 6. The SMILES string of the molecule is CCCCCC/C=C/CCCCCCCC(=O)N[C@@H](COP(=O)([O-])OCC[N+](C)(C)C)[C@H](O)/C=C/CCCCCCCCCCCC. The number of amides is 1. The van der Waals surface area contributed by atoms with Gasteiger partial charge in [0, 0.05) is 6.42 Å². The normalized spacial score (nSPS) is 15.0. The van der Waals surface area contributed by atoms with Gasteiger partial charge >= 0.3 is 0 Å². The van der Waals surface area contributed by atoms with Crippen LogP contribution in [0, 0.1) is 0 Å². The average molecular weight is 687 g/mol. The number of quaternary nitrogens is 1. The third-order valence-corrected chi connectivity index (χ3v) is 9.37. The summed E-state index contributed by atoms with van der Waals surface area (Å²) in [5.74, 6) is -0.210. The maximum Gasteiger partial charge on any atom is 0.268 e. The molecule has 0 rings (SSSR count). The van der Waals surface area contributed by atoms with Crippen LogP contribution in [0.5, 0.6) is 0 Å². The highest BCUT2D eigenvalue weighted by Crippen LogP contribution is 2.38. The van der Waals surface area contributed by atoms with Crippen LogP contribution < -0.4 is 10.2 Å². The monoisotopic (exact) mass is 687 g/mol. The lowest BCUT2D eigenvalue weighted by atomic mass is 10.1. The molecule has 0 spiro atoms. The van der Waals surface area contributed by atoms with E-state index in [-0.39, 0.29) is 19.1 Å². The van der Waals surface area contributed by atoms with Gasteiger partial charge in [-0.05, 0) is 44.9 Å². The predicted octanol–water partition coefficient (Wildman–Crippen LogP) is 9.16. The standard InChI is InChI=1S/C38H75N2O6P/c1-6-8-10-12-14-16-18-20-22-24-26-28-30-32-38(42)39-36(35-46-47(43,44)45-34-33-40(3,4)5)37(41)31-29-27-25-23-21-19-17-15-13-11-9-7-2/h16,18,29,31,36-37,41H,6-15,17,19-28,30,32-35H2,1-5H3,(H-,39,42,43,44)/b18-16+,31-29+/t36-,37+/m0/s1. The van der Waals surface area contributed by atoms with Gasteiger partial charge in [0.2, 0.25) is 5.91 Å². The molecule has 0 aromatic carbocycles. The molecular weight excluding hydrogens is 611 g/mol. The quantitative estimate of drug-likeness (QED) is 0.0303. The molecule has 0 bridgehead atoms. The minimum Gasteiger partial charge on any atom is -0.756 e. The number of nitrogens with one attached hydrogen (secondary N) is 1. The van der Waals surface area contributed by atoms with Crippen LogP contribution in [0.4, 0.5) is 0 Å². The fourth-order valence-corrected chi connectivity index (χ4v) is 5.99. The van der Waals surface area contributed by atoms with Crippen LogP contribution in [-0.4, -0.2) is 68.5 Å². The molecule has 0 aliphatic rings. The smallest absolute Gasteiger partial charge is 0.268 e. The lowest BCUT2D eigenvalue weighted by molar-refractivity contribution is -0.870. The van der Waals surface area contributed by atoms with Gasteiger partial charge in [-0.25, -0.2) is 0 Å². The summed E-state index contributed by atoms with van der Waals surface area (Å²) >= 11 is 0. The number of allylic oxidation sites excluding steroid dienone is 3. The second-order valence-corrected chi connectivity index (χ2v) is 15.7. The molecule has 47 heavy (non-hydrogen) atoms. The number of hydrogen-bond donors (Lipinski definition) is 2. The Morgan fingerprint density at radius 3 is 1.68 bits per heavy atom. The van der Waals surface area contributed by atoms with Crippen LogP contribution in [0.25, 0.3) is 0 Å².